The number of allylic oxidation sites excluding steroid dienone is 1. The molecule has 0 atom stereocenters. The molecule has 0 aliphatic carbocycles. The molecular weight excluding hydrogens is 278 g/mol. The van der Waals surface area contributed by atoms with Gasteiger partial charge in [-0.3, -0.25) is 0 Å². The zero-order chi connectivity index (χ0) is 15.9. The first kappa shape index (κ1) is 15.5. The molecule has 0 heterocycles. The first-order valence-corrected chi connectivity index (χ1v) is 6.70. The summed E-state index contributed by atoms with van der Waals surface area (Å²) in [5, 5.41) is 9.10. The van der Waals surface area contributed by atoms with E-state index in [0.29, 0.717) is 11.5 Å². The summed E-state index contributed by atoms with van der Waals surface area (Å²) in [6.45, 7) is 0. The zero-order valence-electron chi connectivity index (χ0n) is 12.8. The molecule has 0 saturated heterocycles. The third-order valence-corrected chi connectivity index (χ3v) is 3.28. The number of hydrogen-bond donors (Lipinski definition) is 0. The second-order valence-electron chi connectivity index (χ2n) is 4.49. The molecule has 112 valence electrons. The average molecular weight is 295 g/mol. The molecule has 0 bridgehead atoms. The highest BCUT2D eigenvalue weighted by Crippen LogP contribution is 2.33. The number of rotatable bonds is 5. The van der Waals surface area contributed by atoms with Crippen LogP contribution in [0.3, 0.4) is 0 Å². The average Bonchev–Trinajstić information content (AvgIpc) is 2.59. The molecule has 0 N–H and O–H groups in total. The van der Waals surface area contributed by atoms with E-state index in [0.717, 1.165) is 22.4 Å². The molecule has 0 amide bonds. The molecule has 0 aliphatic heterocycles. The minimum Gasteiger partial charge on any atom is -0.497 e. The highest BCUT2D eigenvalue weighted by molar-refractivity contribution is 5.82. The van der Waals surface area contributed by atoms with Crippen LogP contribution in [0.5, 0.6) is 17.2 Å². The summed E-state index contributed by atoms with van der Waals surface area (Å²) in [6.07, 6.45) is 1.51. The van der Waals surface area contributed by atoms with Crippen molar-refractivity contribution in [1.82, 2.24) is 0 Å². The molecular formula is C18H17NO3. The van der Waals surface area contributed by atoms with Crippen LogP contribution in [-0.4, -0.2) is 21.3 Å². The lowest BCUT2D eigenvalue weighted by Crippen LogP contribution is -1.94. The fourth-order valence-electron chi connectivity index (χ4n) is 2.19. The maximum Gasteiger partial charge on any atom is 0.161 e. The van der Waals surface area contributed by atoms with E-state index in [4.69, 9.17) is 19.5 Å². The van der Waals surface area contributed by atoms with Gasteiger partial charge in [0.2, 0.25) is 0 Å². The molecule has 0 radical (unpaired) electrons. The monoisotopic (exact) mass is 295 g/mol. The van der Waals surface area contributed by atoms with Crippen LogP contribution < -0.4 is 14.2 Å². The van der Waals surface area contributed by atoms with E-state index in [-0.39, 0.29) is 0 Å². The summed E-state index contributed by atoms with van der Waals surface area (Å²) in [7, 11) is 4.79. The molecule has 0 saturated carbocycles. The van der Waals surface area contributed by atoms with Crippen LogP contribution in [0.1, 0.15) is 11.1 Å². The Kier molecular flexibility index (Phi) is 5.05. The summed E-state index contributed by atoms with van der Waals surface area (Å²) in [6, 6.07) is 15.2. The summed E-state index contributed by atoms with van der Waals surface area (Å²) < 4.78 is 15.8. The molecule has 4 heteroatoms. The summed E-state index contributed by atoms with van der Waals surface area (Å²) >= 11 is 0. The van der Waals surface area contributed by atoms with Gasteiger partial charge in [0, 0.05) is 6.08 Å². The van der Waals surface area contributed by atoms with Gasteiger partial charge in [-0.1, -0.05) is 18.2 Å². The molecule has 2 aromatic carbocycles. The maximum absolute atomic E-state index is 9.10. The van der Waals surface area contributed by atoms with Crippen molar-refractivity contribution in [3.8, 4) is 23.3 Å². The van der Waals surface area contributed by atoms with Gasteiger partial charge in [-0.15, -0.1) is 0 Å². The molecule has 0 aliphatic rings. The highest BCUT2D eigenvalue weighted by Gasteiger charge is 2.10. The van der Waals surface area contributed by atoms with Gasteiger partial charge in [0.05, 0.1) is 27.4 Å². The van der Waals surface area contributed by atoms with Crippen LogP contribution in [0.4, 0.5) is 0 Å². The van der Waals surface area contributed by atoms with Crippen molar-refractivity contribution in [3.63, 3.8) is 0 Å². The Balaban J connectivity index is 2.53. The van der Waals surface area contributed by atoms with Gasteiger partial charge in [-0.25, -0.2) is 0 Å². The second kappa shape index (κ2) is 7.19. The Morgan fingerprint density at radius 3 is 2.27 bits per heavy atom. The smallest absolute Gasteiger partial charge is 0.161 e. The van der Waals surface area contributed by atoms with Crippen LogP contribution in [0.25, 0.3) is 5.57 Å². The molecule has 4 nitrogen and oxygen atoms in total. The van der Waals surface area contributed by atoms with Gasteiger partial charge in [0.15, 0.2) is 11.5 Å². The third-order valence-electron chi connectivity index (χ3n) is 3.28. The number of methoxy groups -OCH3 is 3. The molecule has 2 rings (SSSR count). The van der Waals surface area contributed by atoms with Gasteiger partial charge in [0.1, 0.15) is 5.75 Å². The number of nitrogens with zero attached hydrogens (tertiary/aromatic N) is 1. The third kappa shape index (κ3) is 3.21. The fourth-order valence-corrected chi connectivity index (χ4v) is 2.19. The van der Waals surface area contributed by atoms with Gasteiger partial charge < -0.3 is 14.2 Å². The lowest BCUT2D eigenvalue weighted by Gasteiger charge is -2.12. The van der Waals surface area contributed by atoms with E-state index >= 15 is 0 Å². The van der Waals surface area contributed by atoms with Crippen molar-refractivity contribution in [1.29, 1.82) is 5.26 Å². The Bertz CT molecular complexity index is 729. The van der Waals surface area contributed by atoms with Crippen molar-refractivity contribution < 1.29 is 14.2 Å². The van der Waals surface area contributed by atoms with E-state index < -0.39 is 0 Å². The van der Waals surface area contributed by atoms with E-state index in [9.17, 15) is 0 Å². The SMILES string of the molecule is COc1cccc(/C(=C/C#N)c2ccc(OC)c(OC)c2)c1. The van der Waals surface area contributed by atoms with Gasteiger partial charge in [-0.05, 0) is 41.0 Å². The highest BCUT2D eigenvalue weighted by atomic mass is 16.5. The first-order valence-electron chi connectivity index (χ1n) is 6.70. The largest absolute Gasteiger partial charge is 0.497 e. The van der Waals surface area contributed by atoms with Crippen molar-refractivity contribution in [3.05, 3.63) is 59.7 Å². The molecule has 0 spiro atoms. The van der Waals surface area contributed by atoms with Crippen LogP contribution in [0, 0.1) is 11.3 Å². The van der Waals surface area contributed by atoms with Crippen LogP contribution >= 0.6 is 0 Å². The van der Waals surface area contributed by atoms with E-state index in [2.05, 4.69) is 6.07 Å². The van der Waals surface area contributed by atoms with Crippen molar-refractivity contribution >= 4 is 5.57 Å². The molecule has 22 heavy (non-hydrogen) atoms. The normalized spacial score (nSPS) is 10.7. The number of hydrogen-bond acceptors (Lipinski definition) is 4. The zero-order valence-corrected chi connectivity index (χ0v) is 12.8. The molecule has 0 unspecified atom stereocenters. The van der Waals surface area contributed by atoms with E-state index in [1.165, 1.54) is 6.08 Å². The minimum atomic E-state index is 0.617. The summed E-state index contributed by atoms with van der Waals surface area (Å²) in [5.74, 6) is 2.00. The Morgan fingerprint density at radius 1 is 0.909 bits per heavy atom. The van der Waals surface area contributed by atoms with Gasteiger partial charge in [-0.2, -0.15) is 5.26 Å². The standard InChI is InChI=1S/C18H17NO3/c1-20-15-6-4-5-13(11-15)16(9-10-19)14-7-8-17(21-2)18(12-14)22-3/h4-9,11-12H,1-3H3/b16-9-. The first-order chi connectivity index (χ1) is 10.7. The topological polar surface area (TPSA) is 51.5 Å². The maximum atomic E-state index is 9.10. The Morgan fingerprint density at radius 2 is 1.64 bits per heavy atom. The predicted molar refractivity (Wildman–Crippen MR) is 85.2 cm³/mol. The number of nitriles is 1. The second-order valence-corrected chi connectivity index (χ2v) is 4.49. The van der Waals surface area contributed by atoms with Crippen LogP contribution in [0.2, 0.25) is 0 Å². The minimum absolute atomic E-state index is 0.617. The van der Waals surface area contributed by atoms with Crippen LogP contribution in [0.15, 0.2) is 48.5 Å². The lowest BCUT2D eigenvalue weighted by atomic mass is 9.97. The van der Waals surface area contributed by atoms with Crippen molar-refractivity contribution in [2.75, 3.05) is 21.3 Å². The van der Waals surface area contributed by atoms with Gasteiger partial charge >= 0.3 is 0 Å². The number of ether oxygens (including phenoxy) is 3. The van der Waals surface area contributed by atoms with Crippen molar-refractivity contribution in [2.45, 2.75) is 0 Å². The Labute approximate surface area is 130 Å². The summed E-state index contributed by atoms with van der Waals surface area (Å²) in [5.41, 5.74) is 2.56. The predicted octanol–water partition coefficient (Wildman–Crippen LogP) is 3.67. The summed E-state index contributed by atoms with van der Waals surface area (Å²) in [4.78, 5) is 0. The quantitative estimate of drug-likeness (QED) is 0.790. The van der Waals surface area contributed by atoms with E-state index in [1.54, 1.807) is 21.3 Å². The van der Waals surface area contributed by atoms with E-state index in [1.807, 2.05) is 42.5 Å². The fraction of sp³-hybridized carbons (Fsp3) is 0.167. The van der Waals surface area contributed by atoms with Crippen LogP contribution in [-0.2, 0) is 0 Å². The Hall–Kier alpha value is -2.93. The lowest BCUT2D eigenvalue weighted by molar-refractivity contribution is 0.355. The molecule has 0 aromatic heterocycles. The molecule has 0 fully saturated rings. The molecule has 2 aromatic rings. The van der Waals surface area contributed by atoms with Crippen molar-refractivity contribution in [2.24, 2.45) is 0 Å². The van der Waals surface area contributed by atoms with Gasteiger partial charge in [0.25, 0.3) is 0 Å². The number of benzene rings is 2.